The number of fused-ring (bicyclic) bond motifs is 1. The Morgan fingerprint density at radius 2 is 1.33 bits per heavy atom. The van der Waals surface area contributed by atoms with Crippen LogP contribution in [0.5, 0.6) is 11.5 Å². The minimum Gasteiger partial charge on any atom is -0.457 e. The predicted octanol–water partition coefficient (Wildman–Crippen LogP) is 5.15. The Morgan fingerprint density at radius 1 is 0.758 bits per heavy atom. The SMILES string of the molecule is O=C(Nc1ccc(Oc2ccccc2)cc1)C1CCC(N2C(=O)C3CCCCC3C2=O)CC1. The molecule has 5 rings (SSSR count). The van der Waals surface area contributed by atoms with Crippen LogP contribution >= 0.6 is 0 Å². The summed E-state index contributed by atoms with van der Waals surface area (Å²) in [4.78, 5) is 40.1. The van der Waals surface area contributed by atoms with E-state index in [4.69, 9.17) is 4.74 Å². The molecule has 2 unspecified atom stereocenters. The van der Waals surface area contributed by atoms with Crippen LogP contribution in [0.2, 0.25) is 0 Å². The van der Waals surface area contributed by atoms with Gasteiger partial charge in [-0.3, -0.25) is 19.3 Å². The fourth-order valence-corrected chi connectivity index (χ4v) is 5.62. The summed E-state index contributed by atoms with van der Waals surface area (Å²) < 4.78 is 5.80. The highest BCUT2D eigenvalue weighted by Gasteiger charge is 2.50. The molecule has 3 fully saturated rings. The highest BCUT2D eigenvalue weighted by molar-refractivity contribution is 6.05. The van der Waals surface area contributed by atoms with Crippen LogP contribution in [0.3, 0.4) is 0 Å². The maximum atomic E-state index is 12.9. The van der Waals surface area contributed by atoms with Crippen LogP contribution in [0.25, 0.3) is 0 Å². The van der Waals surface area contributed by atoms with Crippen molar-refractivity contribution in [2.24, 2.45) is 17.8 Å². The molecule has 0 spiro atoms. The Bertz CT molecular complexity index is 988. The van der Waals surface area contributed by atoms with E-state index in [9.17, 15) is 14.4 Å². The molecule has 172 valence electrons. The second-order valence-electron chi connectivity index (χ2n) is 9.48. The van der Waals surface area contributed by atoms with Crippen molar-refractivity contribution < 1.29 is 19.1 Å². The topological polar surface area (TPSA) is 75.7 Å². The Labute approximate surface area is 194 Å². The Hall–Kier alpha value is -3.15. The number of carbonyl (C=O) groups excluding carboxylic acids is 3. The average Bonchev–Trinajstić information content (AvgIpc) is 3.11. The summed E-state index contributed by atoms with van der Waals surface area (Å²) in [5, 5.41) is 3.00. The van der Waals surface area contributed by atoms with E-state index in [1.807, 2.05) is 54.6 Å². The molecule has 2 aromatic rings. The quantitative estimate of drug-likeness (QED) is 0.645. The van der Waals surface area contributed by atoms with Crippen LogP contribution in [0.1, 0.15) is 51.4 Å². The van der Waals surface area contributed by atoms with Gasteiger partial charge in [-0.1, -0.05) is 31.0 Å². The van der Waals surface area contributed by atoms with Crippen molar-refractivity contribution in [2.75, 3.05) is 5.32 Å². The summed E-state index contributed by atoms with van der Waals surface area (Å²) in [5.74, 6) is 1.25. The third-order valence-electron chi connectivity index (χ3n) is 7.41. The van der Waals surface area contributed by atoms with Crippen LogP contribution in [-0.2, 0) is 14.4 Å². The van der Waals surface area contributed by atoms with Crippen LogP contribution in [-0.4, -0.2) is 28.7 Å². The zero-order valence-electron chi connectivity index (χ0n) is 18.7. The number of carbonyl (C=O) groups is 3. The van der Waals surface area contributed by atoms with E-state index in [1.54, 1.807) is 4.90 Å². The van der Waals surface area contributed by atoms with Crippen molar-refractivity contribution in [3.63, 3.8) is 0 Å². The Kier molecular flexibility index (Phi) is 6.16. The third-order valence-corrected chi connectivity index (χ3v) is 7.41. The number of rotatable bonds is 5. The number of anilines is 1. The zero-order chi connectivity index (χ0) is 22.8. The molecule has 1 aliphatic heterocycles. The molecule has 0 aromatic heterocycles. The van der Waals surface area contributed by atoms with Crippen LogP contribution in [0.15, 0.2) is 54.6 Å². The maximum absolute atomic E-state index is 12.9. The van der Waals surface area contributed by atoms with E-state index in [1.165, 1.54) is 0 Å². The molecule has 2 aliphatic carbocycles. The van der Waals surface area contributed by atoms with Crippen molar-refractivity contribution in [1.29, 1.82) is 0 Å². The molecule has 0 radical (unpaired) electrons. The number of nitrogens with zero attached hydrogens (tertiary/aromatic N) is 1. The molecule has 3 amide bonds. The van der Waals surface area contributed by atoms with Gasteiger partial charge in [-0.25, -0.2) is 0 Å². The largest absolute Gasteiger partial charge is 0.457 e. The molecule has 6 heteroatoms. The second-order valence-corrected chi connectivity index (χ2v) is 9.48. The molecule has 33 heavy (non-hydrogen) atoms. The van der Waals surface area contributed by atoms with E-state index in [0.717, 1.165) is 37.1 Å². The van der Waals surface area contributed by atoms with Gasteiger partial charge >= 0.3 is 0 Å². The van der Waals surface area contributed by atoms with Crippen LogP contribution in [0.4, 0.5) is 5.69 Å². The maximum Gasteiger partial charge on any atom is 0.233 e. The third kappa shape index (κ3) is 4.52. The van der Waals surface area contributed by atoms with Gasteiger partial charge in [-0.05, 0) is 74.9 Å². The van der Waals surface area contributed by atoms with Crippen molar-refractivity contribution in [3.05, 3.63) is 54.6 Å². The van der Waals surface area contributed by atoms with Gasteiger partial charge in [0.2, 0.25) is 17.7 Å². The molecule has 2 atom stereocenters. The van der Waals surface area contributed by atoms with E-state index >= 15 is 0 Å². The molecule has 1 saturated heterocycles. The minimum atomic E-state index is -0.100. The Balaban J connectivity index is 1.13. The molecular formula is C27H30N2O4. The number of amides is 3. The van der Waals surface area contributed by atoms with Crippen LogP contribution < -0.4 is 10.1 Å². The lowest BCUT2D eigenvalue weighted by Crippen LogP contribution is -2.43. The normalized spacial score (nSPS) is 27.2. The Morgan fingerprint density at radius 3 is 1.94 bits per heavy atom. The molecule has 1 N–H and O–H groups in total. The summed E-state index contributed by atoms with van der Waals surface area (Å²) in [6.45, 7) is 0. The first-order valence-electron chi connectivity index (χ1n) is 12.1. The molecular weight excluding hydrogens is 416 g/mol. The van der Waals surface area contributed by atoms with E-state index in [0.29, 0.717) is 31.4 Å². The van der Waals surface area contributed by atoms with E-state index in [-0.39, 0.29) is 41.5 Å². The number of para-hydroxylation sites is 1. The summed E-state index contributed by atoms with van der Waals surface area (Å²) >= 11 is 0. The molecule has 1 heterocycles. The fourth-order valence-electron chi connectivity index (χ4n) is 5.62. The van der Waals surface area contributed by atoms with E-state index in [2.05, 4.69) is 5.32 Å². The van der Waals surface area contributed by atoms with Gasteiger partial charge in [0, 0.05) is 17.6 Å². The van der Waals surface area contributed by atoms with Gasteiger partial charge in [0.05, 0.1) is 11.8 Å². The number of ether oxygens (including phenoxy) is 1. The molecule has 3 aliphatic rings. The minimum absolute atomic E-state index is 0.00192. The molecule has 6 nitrogen and oxygen atoms in total. The predicted molar refractivity (Wildman–Crippen MR) is 125 cm³/mol. The van der Waals surface area contributed by atoms with Crippen molar-refractivity contribution in [1.82, 2.24) is 4.90 Å². The van der Waals surface area contributed by atoms with Gasteiger partial charge in [0.25, 0.3) is 0 Å². The lowest BCUT2D eigenvalue weighted by molar-refractivity contribution is -0.143. The van der Waals surface area contributed by atoms with Crippen molar-refractivity contribution >= 4 is 23.4 Å². The highest BCUT2D eigenvalue weighted by atomic mass is 16.5. The van der Waals surface area contributed by atoms with Gasteiger partial charge in [-0.2, -0.15) is 0 Å². The number of likely N-dealkylation sites (tertiary alicyclic amines) is 1. The second kappa shape index (κ2) is 9.38. The van der Waals surface area contributed by atoms with Gasteiger partial charge in [-0.15, -0.1) is 0 Å². The summed E-state index contributed by atoms with van der Waals surface area (Å²) in [6, 6.07) is 16.9. The average molecular weight is 447 g/mol. The first-order valence-corrected chi connectivity index (χ1v) is 12.1. The van der Waals surface area contributed by atoms with Gasteiger partial charge in [0.15, 0.2) is 0 Å². The highest BCUT2D eigenvalue weighted by Crippen LogP contribution is 2.41. The first kappa shape index (κ1) is 21.7. The van der Waals surface area contributed by atoms with Crippen LogP contribution in [0, 0.1) is 17.8 Å². The smallest absolute Gasteiger partial charge is 0.233 e. The van der Waals surface area contributed by atoms with Gasteiger partial charge < -0.3 is 10.1 Å². The van der Waals surface area contributed by atoms with Gasteiger partial charge in [0.1, 0.15) is 11.5 Å². The molecule has 2 saturated carbocycles. The number of imide groups is 1. The lowest BCUT2D eigenvalue weighted by Gasteiger charge is -2.33. The molecule has 2 aromatic carbocycles. The van der Waals surface area contributed by atoms with E-state index < -0.39 is 0 Å². The fraction of sp³-hybridized carbons (Fsp3) is 0.444. The van der Waals surface area contributed by atoms with Crippen molar-refractivity contribution in [3.8, 4) is 11.5 Å². The number of nitrogens with one attached hydrogen (secondary N) is 1. The monoisotopic (exact) mass is 446 g/mol. The van der Waals surface area contributed by atoms with Crippen molar-refractivity contribution in [2.45, 2.75) is 57.4 Å². The zero-order valence-corrected chi connectivity index (χ0v) is 18.7. The summed E-state index contributed by atoms with van der Waals surface area (Å²) in [7, 11) is 0. The first-order chi connectivity index (χ1) is 16.1. The summed E-state index contributed by atoms with van der Waals surface area (Å²) in [5.41, 5.74) is 0.733. The number of hydrogen-bond acceptors (Lipinski definition) is 4. The number of benzene rings is 2. The summed E-state index contributed by atoms with van der Waals surface area (Å²) in [6.07, 6.45) is 6.58. The lowest BCUT2D eigenvalue weighted by atomic mass is 9.81. The number of hydrogen-bond donors (Lipinski definition) is 1. The molecule has 0 bridgehead atoms. The standard InChI is InChI=1S/C27H30N2O4/c30-25(28-19-12-16-22(17-13-19)33-21-6-2-1-3-7-21)18-10-14-20(15-11-18)29-26(31)23-8-4-5-9-24(23)27(29)32/h1-3,6-7,12-13,16-18,20,23-24H,4-5,8-11,14-15H2,(H,28,30).